The van der Waals surface area contributed by atoms with E-state index >= 15 is 0 Å². The van der Waals surface area contributed by atoms with Gasteiger partial charge in [0.1, 0.15) is 24.0 Å². The number of benzene rings is 3. The zero-order valence-electron chi connectivity index (χ0n) is 22.8. The van der Waals surface area contributed by atoms with Crippen LogP contribution in [0.15, 0.2) is 42.5 Å². The van der Waals surface area contributed by atoms with Gasteiger partial charge < -0.3 is 25.0 Å². The summed E-state index contributed by atoms with van der Waals surface area (Å²) >= 11 is 18.6. The number of nitrogens with one attached hydrogen (secondary N) is 2. The van der Waals surface area contributed by atoms with Crippen LogP contribution in [0.5, 0.6) is 5.75 Å². The van der Waals surface area contributed by atoms with Crippen molar-refractivity contribution in [1.29, 1.82) is 0 Å². The molecule has 0 bridgehead atoms. The maximum absolute atomic E-state index is 13.6. The monoisotopic (exact) mass is 696 g/mol. The Morgan fingerprint density at radius 3 is 2.42 bits per heavy atom. The highest BCUT2D eigenvalue weighted by Crippen LogP contribution is 2.33. The van der Waals surface area contributed by atoms with Crippen molar-refractivity contribution < 1.29 is 45.8 Å². The fourth-order valence-electron chi connectivity index (χ4n) is 4.18. The third-order valence-corrected chi connectivity index (χ3v) is 7.59. The lowest BCUT2D eigenvalue weighted by atomic mass is 10.1. The minimum atomic E-state index is -5.15. The highest BCUT2D eigenvalue weighted by Gasteiger charge is 2.43. The van der Waals surface area contributed by atoms with Crippen LogP contribution < -0.4 is 15.4 Å². The Balaban J connectivity index is 1.66. The number of aliphatic hydroxyl groups is 1. The first-order valence-electron chi connectivity index (χ1n) is 12.7. The highest BCUT2D eigenvalue weighted by atomic mass is 35.5. The number of fused-ring (bicyclic) bond motifs is 1. The molecule has 45 heavy (non-hydrogen) atoms. The van der Waals surface area contributed by atoms with Crippen molar-refractivity contribution in [3.05, 3.63) is 85.9 Å². The van der Waals surface area contributed by atoms with Gasteiger partial charge in [-0.1, -0.05) is 40.9 Å². The molecule has 1 heterocycles. The van der Waals surface area contributed by atoms with E-state index in [0.29, 0.717) is 16.9 Å². The Morgan fingerprint density at radius 1 is 1.07 bits per heavy atom. The lowest BCUT2D eigenvalue weighted by Crippen LogP contribution is -2.43. The van der Waals surface area contributed by atoms with Crippen LogP contribution in [-0.2, 0) is 24.8 Å². The maximum Gasteiger partial charge on any atom is 0.423 e. The van der Waals surface area contributed by atoms with Crippen molar-refractivity contribution in [2.24, 2.45) is 7.05 Å². The number of hydrogen-bond acceptors (Lipinski definition) is 5. The summed E-state index contributed by atoms with van der Waals surface area (Å²) in [6.07, 6.45) is -11.3. The molecular formula is C28H21Cl3F6N4O4. The van der Waals surface area contributed by atoms with Crippen molar-refractivity contribution in [2.45, 2.75) is 31.7 Å². The zero-order chi connectivity index (χ0) is 33.2. The lowest BCUT2D eigenvalue weighted by Gasteiger charge is -2.16. The third kappa shape index (κ3) is 7.93. The first-order chi connectivity index (χ1) is 21.1. The average Bonchev–Trinajstić information content (AvgIpc) is 3.27. The molecule has 0 aliphatic heterocycles. The number of anilines is 1. The predicted octanol–water partition coefficient (Wildman–Crippen LogP) is 6.70. The Kier molecular flexibility index (Phi) is 10.4. The second-order valence-electron chi connectivity index (χ2n) is 9.55. The minimum absolute atomic E-state index is 0.00957. The second-order valence-corrected chi connectivity index (χ2v) is 10.7. The largest absolute Gasteiger partial charge is 0.487 e. The van der Waals surface area contributed by atoms with Gasteiger partial charge in [-0.3, -0.25) is 9.59 Å². The standard InChI is InChI=1S/C28H21Cl3F6N4O4/c1-41-20-9-21(45-11-22(33)34)15(26(43)39-13-3-5-18(32)17(30)6-13)7-19(20)40-23(41)8-14-16(29)4-2-12(24(14)31)10-38-27(44)25(42)28(35,36)37/h2-7,9,22,25,42H,8,10-11H2,1H3,(H,38,44)(H,39,43). The van der Waals surface area contributed by atoms with Crippen LogP contribution in [0.25, 0.3) is 11.0 Å². The number of halogens is 9. The summed E-state index contributed by atoms with van der Waals surface area (Å²) in [5.41, 5.74) is 1.06. The normalized spacial score (nSPS) is 12.4. The number of imidazole rings is 1. The first-order valence-corrected chi connectivity index (χ1v) is 13.8. The smallest absolute Gasteiger partial charge is 0.423 e. The molecule has 8 nitrogen and oxygen atoms in total. The predicted molar refractivity (Wildman–Crippen MR) is 155 cm³/mol. The second kappa shape index (κ2) is 13.7. The van der Waals surface area contributed by atoms with Crippen LogP contribution in [0.1, 0.15) is 27.3 Å². The maximum atomic E-state index is 13.6. The lowest BCUT2D eigenvalue weighted by molar-refractivity contribution is -0.205. The van der Waals surface area contributed by atoms with Crippen LogP contribution >= 0.6 is 34.8 Å². The van der Waals surface area contributed by atoms with Crippen molar-refractivity contribution in [3.63, 3.8) is 0 Å². The molecule has 0 spiro atoms. The number of amides is 2. The number of carbonyl (C=O) groups excluding carboxylic acids is 2. The van der Waals surface area contributed by atoms with E-state index in [2.05, 4.69) is 10.3 Å². The van der Waals surface area contributed by atoms with E-state index in [9.17, 15) is 35.9 Å². The first kappa shape index (κ1) is 34.2. The average molecular weight is 698 g/mol. The molecule has 0 saturated heterocycles. The number of nitrogens with zero attached hydrogens (tertiary/aromatic N) is 2. The summed E-state index contributed by atoms with van der Waals surface area (Å²) in [5.74, 6) is -3.04. The van der Waals surface area contributed by atoms with Gasteiger partial charge in [0.25, 0.3) is 18.2 Å². The molecule has 4 rings (SSSR count). The Morgan fingerprint density at radius 2 is 1.78 bits per heavy atom. The molecule has 17 heteroatoms. The van der Waals surface area contributed by atoms with Gasteiger partial charge in [-0.25, -0.2) is 18.2 Å². The van der Waals surface area contributed by atoms with Gasteiger partial charge in [-0.2, -0.15) is 13.2 Å². The molecule has 1 atom stereocenters. The summed E-state index contributed by atoms with van der Waals surface area (Å²) in [4.78, 5) is 29.4. The summed E-state index contributed by atoms with van der Waals surface area (Å²) < 4.78 is 84.3. The number of aliphatic hydroxyl groups excluding tert-OH is 1. The molecule has 0 aliphatic rings. The van der Waals surface area contributed by atoms with Crippen LogP contribution in [0.3, 0.4) is 0 Å². The number of aromatic nitrogens is 2. The fourth-order valence-corrected chi connectivity index (χ4v) is 4.93. The quantitative estimate of drug-likeness (QED) is 0.160. The van der Waals surface area contributed by atoms with Gasteiger partial charge in [0.15, 0.2) is 0 Å². The van der Waals surface area contributed by atoms with Gasteiger partial charge in [0.05, 0.1) is 26.6 Å². The minimum Gasteiger partial charge on any atom is -0.487 e. The van der Waals surface area contributed by atoms with E-state index in [-0.39, 0.29) is 49.6 Å². The van der Waals surface area contributed by atoms with Crippen LogP contribution in [0, 0.1) is 5.82 Å². The van der Waals surface area contributed by atoms with E-state index < -0.39 is 49.5 Å². The third-order valence-electron chi connectivity index (χ3n) is 6.47. The molecule has 4 aromatic rings. The van der Waals surface area contributed by atoms with E-state index in [4.69, 9.17) is 44.6 Å². The molecule has 1 unspecified atom stereocenters. The van der Waals surface area contributed by atoms with E-state index in [0.717, 1.165) is 12.1 Å². The van der Waals surface area contributed by atoms with Crippen molar-refractivity contribution in [1.82, 2.24) is 14.9 Å². The van der Waals surface area contributed by atoms with Gasteiger partial charge >= 0.3 is 6.18 Å². The molecule has 0 radical (unpaired) electrons. The Hall–Kier alpha value is -3.72. The van der Waals surface area contributed by atoms with Gasteiger partial charge in [0.2, 0.25) is 6.10 Å². The molecule has 0 saturated carbocycles. The van der Waals surface area contributed by atoms with E-state index in [1.165, 1.54) is 30.3 Å². The molecule has 3 aromatic carbocycles. The molecule has 3 N–H and O–H groups in total. The zero-order valence-corrected chi connectivity index (χ0v) is 25.1. The van der Waals surface area contributed by atoms with Crippen molar-refractivity contribution in [2.75, 3.05) is 11.9 Å². The summed E-state index contributed by atoms with van der Waals surface area (Å²) in [5, 5.41) is 13.5. The highest BCUT2D eigenvalue weighted by molar-refractivity contribution is 6.36. The molecule has 240 valence electrons. The number of hydrogen-bond donors (Lipinski definition) is 3. The number of alkyl halides is 5. The Labute approximate surface area is 265 Å². The molecule has 2 amide bonds. The van der Waals surface area contributed by atoms with Gasteiger partial charge in [-0.05, 0) is 41.5 Å². The van der Waals surface area contributed by atoms with E-state index in [1.807, 2.05) is 5.32 Å². The van der Waals surface area contributed by atoms with E-state index in [1.54, 1.807) is 11.6 Å². The van der Waals surface area contributed by atoms with Crippen molar-refractivity contribution >= 4 is 63.3 Å². The summed E-state index contributed by atoms with van der Waals surface area (Å²) in [6, 6.07) is 8.89. The molecule has 0 aliphatic carbocycles. The van der Waals surface area contributed by atoms with Crippen LogP contribution in [-0.4, -0.2) is 51.8 Å². The van der Waals surface area contributed by atoms with Gasteiger partial charge in [-0.15, -0.1) is 0 Å². The van der Waals surface area contributed by atoms with Crippen LogP contribution in [0.4, 0.5) is 32.0 Å². The number of rotatable bonds is 10. The summed E-state index contributed by atoms with van der Waals surface area (Å²) in [7, 11) is 1.59. The fraction of sp³-hybridized carbons (Fsp3) is 0.250. The number of carbonyl (C=O) groups is 2. The molecule has 1 aromatic heterocycles. The van der Waals surface area contributed by atoms with Crippen molar-refractivity contribution in [3.8, 4) is 5.75 Å². The van der Waals surface area contributed by atoms with Gasteiger partial charge in [0, 0.05) is 36.8 Å². The topological polar surface area (TPSA) is 105 Å². The number of aryl methyl sites for hydroxylation is 1. The molecular weight excluding hydrogens is 677 g/mol. The van der Waals surface area contributed by atoms with Crippen LogP contribution in [0.2, 0.25) is 15.1 Å². The Bertz CT molecular complexity index is 1770. The summed E-state index contributed by atoms with van der Waals surface area (Å²) in [6.45, 7) is -1.48. The number of ether oxygens (including phenoxy) is 1. The SMILES string of the molecule is Cn1c(Cc2c(Cl)ccc(CNC(=O)C(O)C(F)(F)F)c2Cl)nc2cc(C(=O)Nc3ccc(F)c(Cl)c3)c(OCC(F)F)cc21. The molecule has 0 fully saturated rings.